The van der Waals surface area contributed by atoms with Gasteiger partial charge in [0, 0.05) is 18.1 Å². The summed E-state index contributed by atoms with van der Waals surface area (Å²) in [7, 11) is 0. The highest BCUT2D eigenvalue weighted by atomic mass is 35.5. The fourth-order valence-electron chi connectivity index (χ4n) is 1.98. The van der Waals surface area contributed by atoms with Crippen LogP contribution >= 0.6 is 11.6 Å². The second-order valence-corrected chi connectivity index (χ2v) is 5.00. The van der Waals surface area contributed by atoms with E-state index >= 15 is 0 Å². The summed E-state index contributed by atoms with van der Waals surface area (Å²) in [5, 5.41) is 4.02. The summed E-state index contributed by atoms with van der Waals surface area (Å²) < 4.78 is 0. The Morgan fingerprint density at radius 3 is 2.37 bits per heavy atom. The van der Waals surface area contributed by atoms with Crippen molar-refractivity contribution in [3.8, 4) is 0 Å². The summed E-state index contributed by atoms with van der Waals surface area (Å²) in [5.74, 6) is 0.168. The lowest BCUT2D eigenvalue weighted by Crippen LogP contribution is -2.45. The zero-order valence-electron chi connectivity index (χ0n) is 11.9. The van der Waals surface area contributed by atoms with Crippen LogP contribution in [0.5, 0.6) is 0 Å². The molecule has 0 aliphatic carbocycles. The van der Waals surface area contributed by atoms with E-state index in [0.29, 0.717) is 0 Å². The van der Waals surface area contributed by atoms with Crippen molar-refractivity contribution < 1.29 is 4.79 Å². The third-order valence-corrected chi connectivity index (χ3v) is 3.47. The van der Waals surface area contributed by atoms with E-state index in [0.717, 1.165) is 31.1 Å². The van der Waals surface area contributed by atoms with E-state index in [4.69, 9.17) is 11.6 Å². The van der Waals surface area contributed by atoms with Gasteiger partial charge in [-0.25, -0.2) is 0 Å². The smallest absolute Gasteiger partial charge is 0.239 e. The van der Waals surface area contributed by atoms with Crippen molar-refractivity contribution in [2.45, 2.75) is 33.2 Å². The van der Waals surface area contributed by atoms with Gasteiger partial charge in [0.05, 0.1) is 6.04 Å². The Morgan fingerprint density at radius 2 is 1.84 bits per heavy atom. The standard InChI is InChI=1S/C15H23ClN2O/c1-4-18(5-2)15(19)12(3)17-11-10-13-6-8-14(16)9-7-13/h6-9,12,17H,4-5,10-11H2,1-3H3. The van der Waals surface area contributed by atoms with Crippen LogP contribution in [0.25, 0.3) is 0 Å². The first-order valence-corrected chi connectivity index (χ1v) is 7.22. The summed E-state index contributed by atoms with van der Waals surface area (Å²) in [6.07, 6.45) is 0.896. The molecule has 0 bridgehead atoms. The first-order valence-electron chi connectivity index (χ1n) is 6.85. The fraction of sp³-hybridized carbons (Fsp3) is 0.533. The highest BCUT2D eigenvalue weighted by Crippen LogP contribution is 2.09. The van der Waals surface area contributed by atoms with Gasteiger partial charge in [-0.1, -0.05) is 23.7 Å². The van der Waals surface area contributed by atoms with E-state index in [9.17, 15) is 4.79 Å². The molecule has 1 aromatic carbocycles. The highest BCUT2D eigenvalue weighted by Gasteiger charge is 2.16. The average molecular weight is 283 g/mol. The van der Waals surface area contributed by atoms with Crippen LogP contribution in [0.15, 0.2) is 24.3 Å². The Balaban J connectivity index is 2.36. The quantitative estimate of drug-likeness (QED) is 0.834. The molecular formula is C15H23ClN2O. The van der Waals surface area contributed by atoms with Gasteiger partial charge >= 0.3 is 0 Å². The van der Waals surface area contributed by atoms with Crippen LogP contribution < -0.4 is 5.32 Å². The molecule has 1 unspecified atom stereocenters. The van der Waals surface area contributed by atoms with E-state index < -0.39 is 0 Å². The van der Waals surface area contributed by atoms with E-state index in [1.807, 2.05) is 49.9 Å². The van der Waals surface area contributed by atoms with Gasteiger partial charge in [0.15, 0.2) is 0 Å². The molecule has 0 saturated heterocycles. The molecule has 1 aromatic rings. The Bertz CT molecular complexity index is 388. The van der Waals surface area contributed by atoms with Gasteiger partial charge in [-0.15, -0.1) is 0 Å². The normalized spacial score (nSPS) is 12.2. The zero-order valence-corrected chi connectivity index (χ0v) is 12.7. The largest absolute Gasteiger partial charge is 0.342 e. The molecule has 0 saturated carbocycles. The zero-order chi connectivity index (χ0) is 14.3. The van der Waals surface area contributed by atoms with Crippen LogP contribution in [0.4, 0.5) is 0 Å². The number of hydrogen-bond acceptors (Lipinski definition) is 2. The average Bonchev–Trinajstić information content (AvgIpc) is 2.42. The van der Waals surface area contributed by atoms with Crippen LogP contribution in [-0.4, -0.2) is 36.5 Å². The predicted molar refractivity (Wildman–Crippen MR) is 80.5 cm³/mol. The molecule has 0 heterocycles. The van der Waals surface area contributed by atoms with Crippen molar-refractivity contribution in [3.05, 3.63) is 34.9 Å². The van der Waals surface area contributed by atoms with Gasteiger partial charge in [0.2, 0.25) is 5.91 Å². The number of benzene rings is 1. The molecule has 3 nitrogen and oxygen atoms in total. The molecule has 1 atom stereocenters. The summed E-state index contributed by atoms with van der Waals surface area (Å²) in [5.41, 5.74) is 1.22. The molecule has 1 rings (SSSR count). The van der Waals surface area contributed by atoms with Crippen molar-refractivity contribution in [1.82, 2.24) is 10.2 Å². The van der Waals surface area contributed by atoms with Gasteiger partial charge < -0.3 is 10.2 Å². The molecule has 0 radical (unpaired) electrons. The number of hydrogen-bond donors (Lipinski definition) is 1. The summed E-state index contributed by atoms with van der Waals surface area (Å²) in [4.78, 5) is 13.9. The first-order chi connectivity index (χ1) is 9.08. The topological polar surface area (TPSA) is 32.3 Å². The number of rotatable bonds is 7. The number of carbonyl (C=O) groups excluding carboxylic acids is 1. The summed E-state index contributed by atoms with van der Waals surface area (Å²) >= 11 is 5.84. The van der Waals surface area contributed by atoms with Gasteiger partial charge in [-0.3, -0.25) is 4.79 Å². The molecule has 19 heavy (non-hydrogen) atoms. The fourth-order valence-corrected chi connectivity index (χ4v) is 2.11. The first kappa shape index (κ1) is 16.0. The van der Waals surface area contributed by atoms with Gasteiger partial charge in [-0.2, -0.15) is 0 Å². The molecule has 0 aliphatic heterocycles. The third kappa shape index (κ3) is 5.21. The maximum Gasteiger partial charge on any atom is 0.239 e. The number of amides is 1. The molecule has 1 amide bonds. The molecule has 0 fully saturated rings. The Morgan fingerprint density at radius 1 is 1.26 bits per heavy atom. The van der Waals surface area contributed by atoms with Crippen LogP contribution in [0, 0.1) is 0 Å². The van der Waals surface area contributed by atoms with E-state index in [1.165, 1.54) is 5.56 Å². The van der Waals surface area contributed by atoms with E-state index in [1.54, 1.807) is 0 Å². The predicted octanol–water partition coefficient (Wildman–Crippen LogP) is 2.73. The van der Waals surface area contributed by atoms with E-state index in [2.05, 4.69) is 5.32 Å². The third-order valence-electron chi connectivity index (χ3n) is 3.22. The number of likely N-dealkylation sites (N-methyl/N-ethyl adjacent to an activating group) is 1. The van der Waals surface area contributed by atoms with Crippen LogP contribution in [0.1, 0.15) is 26.3 Å². The minimum Gasteiger partial charge on any atom is -0.342 e. The summed E-state index contributed by atoms with van der Waals surface area (Å²) in [6.45, 7) is 8.24. The van der Waals surface area contributed by atoms with Gasteiger partial charge in [0.25, 0.3) is 0 Å². The minimum absolute atomic E-state index is 0.132. The van der Waals surface area contributed by atoms with Crippen LogP contribution in [0.3, 0.4) is 0 Å². The molecular weight excluding hydrogens is 260 g/mol. The molecule has 4 heteroatoms. The molecule has 0 aliphatic rings. The van der Waals surface area contributed by atoms with Gasteiger partial charge in [-0.05, 0) is 51.4 Å². The van der Waals surface area contributed by atoms with Crippen molar-refractivity contribution in [1.29, 1.82) is 0 Å². The van der Waals surface area contributed by atoms with Crippen molar-refractivity contribution in [2.24, 2.45) is 0 Å². The molecule has 0 aromatic heterocycles. The van der Waals surface area contributed by atoms with Gasteiger partial charge in [0.1, 0.15) is 0 Å². The lowest BCUT2D eigenvalue weighted by Gasteiger charge is -2.23. The van der Waals surface area contributed by atoms with Crippen LogP contribution in [0.2, 0.25) is 5.02 Å². The van der Waals surface area contributed by atoms with E-state index in [-0.39, 0.29) is 11.9 Å². The maximum absolute atomic E-state index is 12.0. The minimum atomic E-state index is -0.132. The number of nitrogens with zero attached hydrogens (tertiary/aromatic N) is 1. The van der Waals surface area contributed by atoms with Crippen molar-refractivity contribution in [3.63, 3.8) is 0 Å². The van der Waals surface area contributed by atoms with Crippen molar-refractivity contribution in [2.75, 3.05) is 19.6 Å². The summed E-state index contributed by atoms with van der Waals surface area (Å²) in [6, 6.07) is 7.68. The maximum atomic E-state index is 12.0. The Hall–Kier alpha value is -1.06. The van der Waals surface area contributed by atoms with Crippen LogP contribution in [-0.2, 0) is 11.2 Å². The lowest BCUT2D eigenvalue weighted by atomic mass is 10.1. The number of nitrogens with one attached hydrogen (secondary N) is 1. The monoisotopic (exact) mass is 282 g/mol. The van der Waals surface area contributed by atoms with Crippen molar-refractivity contribution >= 4 is 17.5 Å². The molecule has 1 N–H and O–H groups in total. The second kappa shape index (κ2) is 8.18. The second-order valence-electron chi connectivity index (χ2n) is 4.56. The lowest BCUT2D eigenvalue weighted by molar-refractivity contribution is -0.132. The molecule has 106 valence electrons. The molecule has 0 spiro atoms. The SMILES string of the molecule is CCN(CC)C(=O)C(C)NCCc1ccc(Cl)cc1. The number of halogens is 1. The Kier molecular flexibility index (Phi) is 6.89. The number of carbonyl (C=O) groups is 1. The Labute approximate surface area is 120 Å². The highest BCUT2D eigenvalue weighted by molar-refractivity contribution is 6.30.